The molecule has 3 N–H and O–H groups in total. The molecule has 0 aliphatic heterocycles. The maximum atomic E-state index is 12.1. The minimum atomic E-state index is -3.70. The molecule has 9 heteroatoms. The fourth-order valence-electron chi connectivity index (χ4n) is 1.75. The molecule has 1 aromatic carbocycles. The molecule has 1 aromatic rings. The number of carbonyl (C=O) groups is 2. The monoisotopic (exact) mass is 405 g/mol. The van der Waals surface area contributed by atoms with Crippen LogP contribution in [0.1, 0.15) is 20.3 Å². The summed E-state index contributed by atoms with van der Waals surface area (Å²) in [6.45, 7) is 3.76. The Bertz CT molecular complexity index is 664. The van der Waals surface area contributed by atoms with E-state index in [1.54, 1.807) is 32.0 Å². The molecule has 7 nitrogen and oxygen atoms in total. The van der Waals surface area contributed by atoms with Crippen LogP contribution in [0.4, 0.5) is 0 Å². The molecular weight excluding hydrogens is 386 g/mol. The first-order chi connectivity index (χ1) is 10.8. The predicted molar refractivity (Wildman–Crippen MR) is 90.2 cm³/mol. The molecule has 1 atom stereocenters. The second-order valence-electron chi connectivity index (χ2n) is 4.76. The summed E-state index contributed by atoms with van der Waals surface area (Å²) < 4.78 is 27.0. The highest BCUT2D eigenvalue weighted by Crippen LogP contribution is 2.20. The Hall–Kier alpha value is -1.45. The molecule has 0 saturated heterocycles. The van der Waals surface area contributed by atoms with E-state index in [9.17, 15) is 18.0 Å². The Balaban J connectivity index is 2.49. The molecule has 0 heterocycles. The zero-order valence-corrected chi connectivity index (χ0v) is 15.3. The quantitative estimate of drug-likeness (QED) is 0.593. The molecule has 1 rings (SSSR count). The summed E-state index contributed by atoms with van der Waals surface area (Å²) in [6, 6.07) is 5.74. The topological polar surface area (TPSA) is 104 Å². The number of carbonyl (C=O) groups excluding carboxylic acids is 2. The second kappa shape index (κ2) is 8.99. The zero-order chi connectivity index (χ0) is 17.5. The number of sulfonamides is 1. The molecule has 2 amide bonds. The number of halogens is 1. The highest BCUT2D eigenvalue weighted by Gasteiger charge is 2.18. The third kappa shape index (κ3) is 6.28. The van der Waals surface area contributed by atoms with Crippen molar-refractivity contribution < 1.29 is 18.0 Å². The standard InChI is InChI=1S/C14H20BrN3O4S/c1-3-16-14(20)10(2)18-13(19)8-9-17-23(21,22)12-7-5-4-6-11(12)15/h4-7,10,17H,3,8-9H2,1-2H3,(H,16,20)(H,18,19)/t10-/m1/s1. The van der Waals surface area contributed by atoms with Crippen LogP contribution >= 0.6 is 15.9 Å². The molecule has 0 aromatic heterocycles. The maximum Gasteiger partial charge on any atom is 0.242 e. The van der Waals surface area contributed by atoms with Gasteiger partial charge in [-0.3, -0.25) is 9.59 Å². The molecule has 0 aliphatic rings. The summed E-state index contributed by atoms with van der Waals surface area (Å²) in [7, 11) is -3.70. The van der Waals surface area contributed by atoms with Gasteiger partial charge in [-0.25, -0.2) is 13.1 Å². The fourth-order valence-corrected chi connectivity index (χ4v) is 3.78. The van der Waals surface area contributed by atoms with Crippen LogP contribution in [0, 0.1) is 0 Å². The van der Waals surface area contributed by atoms with Crippen molar-refractivity contribution in [1.82, 2.24) is 15.4 Å². The van der Waals surface area contributed by atoms with Crippen molar-refractivity contribution in [3.05, 3.63) is 28.7 Å². The lowest BCUT2D eigenvalue weighted by Gasteiger charge is -2.13. The highest BCUT2D eigenvalue weighted by molar-refractivity contribution is 9.10. The van der Waals surface area contributed by atoms with E-state index < -0.39 is 22.0 Å². The zero-order valence-electron chi connectivity index (χ0n) is 12.9. The lowest BCUT2D eigenvalue weighted by Crippen LogP contribution is -2.45. The van der Waals surface area contributed by atoms with E-state index in [-0.39, 0.29) is 23.8 Å². The highest BCUT2D eigenvalue weighted by atomic mass is 79.9. The number of likely N-dealkylation sites (N-methyl/N-ethyl adjacent to an activating group) is 1. The van der Waals surface area contributed by atoms with Crippen LogP contribution in [-0.4, -0.2) is 39.4 Å². The molecule has 128 valence electrons. The molecule has 0 saturated carbocycles. The Morgan fingerprint density at radius 3 is 2.52 bits per heavy atom. The van der Waals surface area contributed by atoms with Crippen LogP contribution in [0.3, 0.4) is 0 Å². The van der Waals surface area contributed by atoms with E-state index >= 15 is 0 Å². The third-order valence-electron chi connectivity index (χ3n) is 2.89. The van der Waals surface area contributed by atoms with Gasteiger partial charge in [-0.2, -0.15) is 0 Å². The van der Waals surface area contributed by atoms with E-state index in [1.165, 1.54) is 6.07 Å². The Labute approximate surface area is 144 Å². The summed E-state index contributed by atoms with van der Waals surface area (Å²) in [6.07, 6.45) is -0.0621. The van der Waals surface area contributed by atoms with Crippen LogP contribution in [0.25, 0.3) is 0 Å². The van der Waals surface area contributed by atoms with Gasteiger partial charge in [0, 0.05) is 24.0 Å². The maximum absolute atomic E-state index is 12.1. The van der Waals surface area contributed by atoms with Gasteiger partial charge >= 0.3 is 0 Å². The number of benzene rings is 1. The second-order valence-corrected chi connectivity index (χ2v) is 7.35. The Morgan fingerprint density at radius 2 is 1.91 bits per heavy atom. The summed E-state index contributed by atoms with van der Waals surface area (Å²) in [5, 5.41) is 5.10. The van der Waals surface area contributed by atoms with Crippen molar-refractivity contribution in [3.8, 4) is 0 Å². The molecule has 0 aliphatic carbocycles. The van der Waals surface area contributed by atoms with Crippen LogP contribution in [0.5, 0.6) is 0 Å². The van der Waals surface area contributed by atoms with E-state index in [4.69, 9.17) is 0 Å². The largest absolute Gasteiger partial charge is 0.355 e. The van der Waals surface area contributed by atoms with Crippen molar-refractivity contribution >= 4 is 37.8 Å². The van der Waals surface area contributed by atoms with Crippen molar-refractivity contribution in [2.24, 2.45) is 0 Å². The van der Waals surface area contributed by atoms with Gasteiger partial charge in [0.25, 0.3) is 0 Å². The molecule has 0 radical (unpaired) electrons. The van der Waals surface area contributed by atoms with Gasteiger partial charge in [-0.15, -0.1) is 0 Å². The number of hydrogen-bond acceptors (Lipinski definition) is 4. The van der Waals surface area contributed by atoms with E-state index in [0.29, 0.717) is 11.0 Å². The molecule has 0 spiro atoms. The van der Waals surface area contributed by atoms with E-state index in [0.717, 1.165) is 0 Å². The minimum Gasteiger partial charge on any atom is -0.355 e. The molecule has 23 heavy (non-hydrogen) atoms. The predicted octanol–water partition coefficient (Wildman–Crippen LogP) is 0.758. The molecule has 0 bridgehead atoms. The Kier molecular flexibility index (Phi) is 7.66. The van der Waals surface area contributed by atoms with Gasteiger partial charge < -0.3 is 10.6 Å². The summed E-state index contributed by atoms with van der Waals surface area (Å²) in [5.41, 5.74) is 0. The van der Waals surface area contributed by atoms with Gasteiger partial charge in [0.2, 0.25) is 21.8 Å². The van der Waals surface area contributed by atoms with Crippen molar-refractivity contribution in [2.75, 3.05) is 13.1 Å². The van der Waals surface area contributed by atoms with Crippen LogP contribution in [-0.2, 0) is 19.6 Å². The van der Waals surface area contributed by atoms with Gasteiger partial charge in [0.15, 0.2) is 0 Å². The van der Waals surface area contributed by atoms with Crippen molar-refractivity contribution in [1.29, 1.82) is 0 Å². The average Bonchev–Trinajstić information content (AvgIpc) is 2.47. The summed E-state index contributed by atoms with van der Waals surface area (Å²) in [4.78, 5) is 23.3. The first-order valence-electron chi connectivity index (χ1n) is 7.09. The van der Waals surface area contributed by atoms with Crippen LogP contribution in [0.2, 0.25) is 0 Å². The lowest BCUT2D eigenvalue weighted by molar-refractivity contribution is -0.128. The average molecular weight is 406 g/mol. The first-order valence-corrected chi connectivity index (χ1v) is 9.36. The normalized spacial score (nSPS) is 12.5. The number of hydrogen-bond donors (Lipinski definition) is 3. The molecule has 0 fully saturated rings. The smallest absolute Gasteiger partial charge is 0.242 e. The number of amides is 2. The SMILES string of the molecule is CCNC(=O)[C@@H](C)NC(=O)CCNS(=O)(=O)c1ccccc1Br. The first kappa shape index (κ1) is 19.6. The lowest BCUT2D eigenvalue weighted by atomic mass is 10.3. The molecule has 0 unspecified atom stereocenters. The molecular formula is C14H20BrN3O4S. The van der Waals surface area contributed by atoms with Gasteiger partial charge in [0.1, 0.15) is 6.04 Å². The van der Waals surface area contributed by atoms with Crippen molar-refractivity contribution in [3.63, 3.8) is 0 Å². The van der Waals surface area contributed by atoms with Crippen molar-refractivity contribution in [2.45, 2.75) is 31.2 Å². The van der Waals surface area contributed by atoms with Crippen LogP contribution in [0.15, 0.2) is 33.6 Å². The summed E-state index contributed by atoms with van der Waals surface area (Å²) in [5.74, 6) is -0.687. The van der Waals surface area contributed by atoms with Gasteiger partial charge in [0.05, 0.1) is 4.90 Å². The van der Waals surface area contributed by atoms with Crippen LogP contribution < -0.4 is 15.4 Å². The third-order valence-corrected chi connectivity index (χ3v) is 5.37. The minimum absolute atomic E-state index is 0.0579. The summed E-state index contributed by atoms with van der Waals surface area (Å²) >= 11 is 3.17. The Morgan fingerprint density at radius 1 is 1.26 bits per heavy atom. The van der Waals surface area contributed by atoms with E-state index in [2.05, 4.69) is 31.3 Å². The number of rotatable bonds is 8. The van der Waals surface area contributed by atoms with E-state index in [1.807, 2.05) is 0 Å². The van der Waals surface area contributed by atoms with Gasteiger partial charge in [-0.05, 0) is 41.9 Å². The fraction of sp³-hybridized carbons (Fsp3) is 0.429. The number of nitrogens with one attached hydrogen (secondary N) is 3. The van der Waals surface area contributed by atoms with Gasteiger partial charge in [-0.1, -0.05) is 12.1 Å².